The van der Waals surface area contributed by atoms with Gasteiger partial charge in [0.05, 0.1) is 12.6 Å². The number of carbonyl (C=O) groups excluding carboxylic acids is 2. The van der Waals surface area contributed by atoms with E-state index in [4.69, 9.17) is 22.1 Å². The van der Waals surface area contributed by atoms with Gasteiger partial charge in [0.1, 0.15) is 5.75 Å². The van der Waals surface area contributed by atoms with Crippen molar-refractivity contribution in [2.75, 3.05) is 23.0 Å². The van der Waals surface area contributed by atoms with Crippen LogP contribution in [0.4, 0.5) is 11.4 Å². The zero-order valence-corrected chi connectivity index (χ0v) is 20.7. The number of para-hydroxylation sites is 1. The Bertz CT molecular complexity index is 1180. The van der Waals surface area contributed by atoms with Crippen LogP contribution in [0.15, 0.2) is 72.8 Å². The summed E-state index contributed by atoms with van der Waals surface area (Å²) in [6.45, 7) is 4.70. The maximum atomic E-state index is 13.6. The quantitative estimate of drug-likeness (QED) is 0.436. The van der Waals surface area contributed by atoms with E-state index in [2.05, 4.69) is 0 Å². The molecule has 0 aliphatic carbocycles. The molecular formula is C28H30ClN3O3. The van der Waals surface area contributed by atoms with Gasteiger partial charge in [-0.1, -0.05) is 29.8 Å². The number of hydrogen-bond acceptors (Lipinski definition) is 4. The number of ether oxygens (including phenoxy) is 1. The van der Waals surface area contributed by atoms with E-state index in [1.807, 2.05) is 60.4 Å². The summed E-state index contributed by atoms with van der Waals surface area (Å²) in [5, 5.41) is 0.613. The minimum Gasteiger partial charge on any atom is -0.494 e. The average Bonchev–Trinajstić information content (AvgIpc) is 2.85. The lowest BCUT2D eigenvalue weighted by Crippen LogP contribution is -2.47. The van der Waals surface area contributed by atoms with Gasteiger partial charge in [0, 0.05) is 34.9 Å². The first kappa shape index (κ1) is 24.8. The first-order valence-corrected chi connectivity index (χ1v) is 12.2. The van der Waals surface area contributed by atoms with E-state index >= 15 is 0 Å². The molecule has 4 rings (SSSR count). The highest BCUT2D eigenvalue weighted by Gasteiger charge is 2.38. The summed E-state index contributed by atoms with van der Waals surface area (Å²) in [4.78, 5) is 30.1. The Morgan fingerprint density at radius 1 is 1.06 bits per heavy atom. The molecule has 0 aromatic heterocycles. The number of nitrogens with two attached hydrogens (primary N) is 1. The molecule has 0 bridgehead atoms. The number of carbonyl (C=O) groups is 2. The fraction of sp³-hybridized carbons (Fsp3) is 0.286. The van der Waals surface area contributed by atoms with Gasteiger partial charge in [-0.25, -0.2) is 0 Å². The van der Waals surface area contributed by atoms with Gasteiger partial charge in [0.2, 0.25) is 5.91 Å². The lowest BCUT2D eigenvalue weighted by molar-refractivity contribution is -0.117. The number of nitrogens with zero attached hydrogens (tertiary/aromatic N) is 2. The van der Waals surface area contributed by atoms with Crippen molar-refractivity contribution in [3.05, 3.63) is 88.9 Å². The molecule has 0 radical (unpaired) electrons. The second kappa shape index (κ2) is 10.9. The van der Waals surface area contributed by atoms with Crippen molar-refractivity contribution in [2.24, 2.45) is 5.73 Å². The van der Waals surface area contributed by atoms with Crippen molar-refractivity contribution in [3.63, 3.8) is 0 Å². The Labute approximate surface area is 211 Å². The van der Waals surface area contributed by atoms with Crippen LogP contribution >= 0.6 is 11.6 Å². The molecule has 3 aromatic carbocycles. The van der Waals surface area contributed by atoms with Crippen molar-refractivity contribution in [1.29, 1.82) is 0 Å². The summed E-state index contributed by atoms with van der Waals surface area (Å²) in [6, 6.07) is 21.9. The highest BCUT2D eigenvalue weighted by Crippen LogP contribution is 2.42. The zero-order chi connectivity index (χ0) is 24.9. The Kier molecular flexibility index (Phi) is 7.73. The van der Waals surface area contributed by atoms with E-state index in [1.165, 1.54) is 0 Å². The molecule has 2 amide bonds. The number of amides is 2. The topological polar surface area (TPSA) is 75.9 Å². The molecule has 182 valence electrons. The number of hydrogen-bond donors (Lipinski definition) is 1. The van der Waals surface area contributed by atoms with Crippen molar-refractivity contribution in [3.8, 4) is 5.75 Å². The van der Waals surface area contributed by atoms with Gasteiger partial charge in [-0.3, -0.25) is 9.59 Å². The van der Waals surface area contributed by atoms with E-state index in [-0.39, 0.29) is 23.9 Å². The van der Waals surface area contributed by atoms with Gasteiger partial charge in [-0.15, -0.1) is 0 Å². The minimum atomic E-state index is -0.206. The molecule has 0 saturated carbocycles. The van der Waals surface area contributed by atoms with Crippen LogP contribution in [0.5, 0.6) is 5.75 Å². The molecule has 7 heteroatoms. The van der Waals surface area contributed by atoms with E-state index in [9.17, 15) is 9.59 Å². The predicted molar refractivity (Wildman–Crippen MR) is 140 cm³/mol. The first-order chi connectivity index (χ1) is 16.9. The number of benzene rings is 3. The summed E-state index contributed by atoms with van der Waals surface area (Å²) in [5.74, 6) is 0.560. The molecule has 35 heavy (non-hydrogen) atoms. The molecular weight excluding hydrogens is 462 g/mol. The van der Waals surface area contributed by atoms with Crippen molar-refractivity contribution in [2.45, 2.75) is 38.8 Å². The van der Waals surface area contributed by atoms with Crippen LogP contribution < -0.4 is 20.3 Å². The highest BCUT2D eigenvalue weighted by atomic mass is 35.5. The smallest absolute Gasteiger partial charge is 0.258 e. The van der Waals surface area contributed by atoms with E-state index in [0.717, 1.165) is 23.4 Å². The highest BCUT2D eigenvalue weighted by molar-refractivity contribution is 6.30. The van der Waals surface area contributed by atoms with Gasteiger partial charge < -0.3 is 20.3 Å². The molecule has 2 unspecified atom stereocenters. The summed E-state index contributed by atoms with van der Waals surface area (Å²) >= 11 is 6.08. The fourth-order valence-corrected chi connectivity index (χ4v) is 4.75. The monoisotopic (exact) mass is 491 g/mol. The van der Waals surface area contributed by atoms with E-state index in [0.29, 0.717) is 35.9 Å². The maximum Gasteiger partial charge on any atom is 0.258 e. The lowest BCUT2D eigenvalue weighted by Gasteiger charge is -2.43. The zero-order valence-electron chi connectivity index (χ0n) is 20.0. The minimum absolute atomic E-state index is 0.0654. The van der Waals surface area contributed by atoms with Gasteiger partial charge in [0.25, 0.3) is 5.91 Å². The fourth-order valence-electron chi connectivity index (χ4n) is 4.62. The van der Waals surface area contributed by atoms with E-state index < -0.39 is 0 Å². The summed E-state index contributed by atoms with van der Waals surface area (Å²) < 4.78 is 5.67. The molecule has 2 atom stereocenters. The second-order valence-electron chi connectivity index (χ2n) is 8.71. The molecule has 0 spiro atoms. The number of rotatable bonds is 7. The van der Waals surface area contributed by atoms with Crippen LogP contribution in [0, 0.1) is 0 Å². The third-order valence-electron chi connectivity index (χ3n) is 6.25. The third kappa shape index (κ3) is 5.34. The Hall–Kier alpha value is -3.35. The van der Waals surface area contributed by atoms with Crippen molar-refractivity contribution in [1.82, 2.24) is 0 Å². The molecule has 6 nitrogen and oxygen atoms in total. The molecule has 2 N–H and O–H groups in total. The van der Waals surface area contributed by atoms with Crippen molar-refractivity contribution >= 4 is 34.8 Å². The molecule has 0 saturated heterocycles. The van der Waals surface area contributed by atoms with Crippen LogP contribution in [0.2, 0.25) is 5.02 Å². The van der Waals surface area contributed by atoms with Gasteiger partial charge in [0.15, 0.2) is 0 Å². The summed E-state index contributed by atoms with van der Waals surface area (Å²) in [7, 11) is 0. The number of anilines is 2. The largest absolute Gasteiger partial charge is 0.494 e. The molecule has 1 heterocycles. The number of halogens is 1. The standard InChI is InChI=1S/C28H30ClN3O3/c1-19-18-27(32(20(2)33)23-12-10-22(29)11-13-23)25-6-3-4-7-26(25)31(19)28(34)21-8-14-24(15-9-21)35-17-5-16-30/h3-4,6-15,19,27H,5,16-18,30H2,1-2H3. The summed E-state index contributed by atoms with van der Waals surface area (Å²) in [6.07, 6.45) is 1.38. The van der Waals surface area contributed by atoms with Crippen LogP contribution in [0.25, 0.3) is 0 Å². The Balaban J connectivity index is 1.65. The maximum absolute atomic E-state index is 13.6. The van der Waals surface area contributed by atoms with Crippen LogP contribution in [-0.2, 0) is 4.79 Å². The summed E-state index contributed by atoms with van der Waals surface area (Å²) in [5.41, 5.74) is 8.62. The molecule has 3 aromatic rings. The van der Waals surface area contributed by atoms with Gasteiger partial charge in [-0.2, -0.15) is 0 Å². The first-order valence-electron chi connectivity index (χ1n) is 11.8. The second-order valence-corrected chi connectivity index (χ2v) is 9.15. The number of fused-ring (bicyclic) bond motifs is 1. The third-order valence-corrected chi connectivity index (χ3v) is 6.51. The molecule has 1 aliphatic rings. The predicted octanol–water partition coefficient (Wildman–Crippen LogP) is 5.60. The van der Waals surface area contributed by atoms with Crippen LogP contribution in [0.1, 0.15) is 48.7 Å². The van der Waals surface area contributed by atoms with Gasteiger partial charge in [-0.05, 0) is 86.5 Å². The average molecular weight is 492 g/mol. The Morgan fingerprint density at radius 2 is 1.74 bits per heavy atom. The SMILES string of the molecule is CC(=O)N(c1ccc(Cl)cc1)C1CC(C)N(C(=O)c2ccc(OCCCN)cc2)c2ccccc21. The van der Waals surface area contributed by atoms with Crippen molar-refractivity contribution < 1.29 is 14.3 Å². The molecule has 1 aliphatic heterocycles. The lowest BCUT2D eigenvalue weighted by atomic mass is 9.89. The van der Waals surface area contributed by atoms with Crippen LogP contribution in [-0.4, -0.2) is 31.0 Å². The molecule has 0 fully saturated rings. The van der Waals surface area contributed by atoms with E-state index in [1.54, 1.807) is 36.1 Å². The van der Waals surface area contributed by atoms with Gasteiger partial charge >= 0.3 is 0 Å². The van der Waals surface area contributed by atoms with Crippen LogP contribution in [0.3, 0.4) is 0 Å². The Morgan fingerprint density at radius 3 is 2.40 bits per heavy atom. The normalized spacial score (nSPS) is 17.0.